The fraction of sp³-hybridized carbons (Fsp3) is 0.607. The molecule has 0 fully saturated rings. The Morgan fingerprint density at radius 1 is 1.21 bits per heavy atom. The summed E-state index contributed by atoms with van der Waals surface area (Å²) in [6, 6.07) is 0. The fourth-order valence-electron chi connectivity index (χ4n) is 5.49. The second-order valence-electron chi connectivity index (χ2n) is 10.1. The van der Waals surface area contributed by atoms with Gasteiger partial charge in [0.25, 0.3) is 0 Å². The summed E-state index contributed by atoms with van der Waals surface area (Å²) in [4.78, 5) is 29.6. The molecule has 2 aliphatic carbocycles. The van der Waals surface area contributed by atoms with Crippen LogP contribution in [0, 0.1) is 29.6 Å². The quantitative estimate of drug-likeness (QED) is 0.313. The van der Waals surface area contributed by atoms with Crippen LogP contribution in [0.4, 0.5) is 0 Å². The van der Waals surface area contributed by atoms with Gasteiger partial charge in [-0.15, -0.1) is 0 Å². The highest BCUT2D eigenvalue weighted by Gasteiger charge is 2.39. The predicted molar refractivity (Wildman–Crippen MR) is 134 cm³/mol. The van der Waals surface area contributed by atoms with Crippen LogP contribution in [0.1, 0.15) is 65.5 Å². The maximum atomic E-state index is 12.7. The lowest BCUT2D eigenvalue weighted by molar-refractivity contribution is -0.149. The Hall–Kier alpha value is -2.63. The van der Waals surface area contributed by atoms with Crippen LogP contribution in [0.3, 0.4) is 0 Å². The van der Waals surface area contributed by atoms with E-state index in [-0.39, 0.29) is 29.9 Å². The lowest BCUT2D eigenvalue weighted by Crippen LogP contribution is -2.37. The summed E-state index contributed by atoms with van der Waals surface area (Å²) in [7, 11) is 1.89. The minimum absolute atomic E-state index is 0.0937. The van der Waals surface area contributed by atoms with Crippen LogP contribution in [0.5, 0.6) is 0 Å². The zero-order valence-corrected chi connectivity index (χ0v) is 21.3. The van der Waals surface area contributed by atoms with Gasteiger partial charge in [0.2, 0.25) is 0 Å². The van der Waals surface area contributed by atoms with E-state index in [9.17, 15) is 9.59 Å². The molecule has 2 aliphatic rings. The van der Waals surface area contributed by atoms with Crippen LogP contribution < -0.4 is 0 Å². The van der Waals surface area contributed by atoms with E-state index >= 15 is 0 Å². The standard InChI is InChI=1S/C28H40N2O4/c1-6-33-28(32)21-9-7-8-10-23(34-27(31)14-12-22-17-30(5)18-29-22)16-25-20(4)11-13-24(19(2)3)26(25)15-21/h7-8,11-12,14,17-19,21,23-26H,6,9-10,13,15-16H2,1-5H3. The van der Waals surface area contributed by atoms with Gasteiger partial charge in [-0.05, 0) is 69.3 Å². The average Bonchev–Trinajstić information content (AvgIpc) is 3.21. The second kappa shape index (κ2) is 12.2. The number of hydrogen-bond donors (Lipinski definition) is 0. The van der Waals surface area contributed by atoms with Gasteiger partial charge < -0.3 is 14.0 Å². The van der Waals surface area contributed by atoms with E-state index in [0.29, 0.717) is 37.2 Å². The number of allylic oxidation sites excluding steroid dienone is 3. The van der Waals surface area contributed by atoms with Crippen molar-refractivity contribution in [2.45, 2.75) is 65.9 Å². The first-order valence-electron chi connectivity index (χ1n) is 12.6. The Balaban J connectivity index is 1.81. The third kappa shape index (κ3) is 6.94. The molecule has 1 heterocycles. The van der Waals surface area contributed by atoms with Crippen LogP contribution in [0.2, 0.25) is 0 Å². The molecule has 0 aromatic carbocycles. The van der Waals surface area contributed by atoms with Crippen molar-refractivity contribution in [3.63, 3.8) is 0 Å². The van der Waals surface area contributed by atoms with Crippen LogP contribution >= 0.6 is 0 Å². The number of esters is 2. The molecular formula is C28H40N2O4. The molecule has 0 saturated heterocycles. The van der Waals surface area contributed by atoms with Crippen molar-refractivity contribution in [2.75, 3.05) is 6.61 Å². The van der Waals surface area contributed by atoms with Gasteiger partial charge >= 0.3 is 11.9 Å². The minimum Gasteiger partial charge on any atom is -0.466 e. The molecule has 6 heteroatoms. The van der Waals surface area contributed by atoms with E-state index < -0.39 is 0 Å². The lowest BCUT2D eigenvalue weighted by Gasteiger charge is -2.42. The summed E-state index contributed by atoms with van der Waals surface area (Å²) >= 11 is 0. The minimum atomic E-state index is -0.347. The number of carbonyl (C=O) groups is 2. The van der Waals surface area contributed by atoms with Crippen molar-refractivity contribution in [2.24, 2.45) is 36.6 Å². The van der Waals surface area contributed by atoms with E-state index in [1.807, 2.05) is 24.7 Å². The fourth-order valence-corrected chi connectivity index (χ4v) is 5.49. The Bertz CT molecular complexity index is 927. The van der Waals surface area contributed by atoms with E-state index in [1.54, 1.807) is 12.4 Å². The first-order chi connectivity index (χ1) is 16.3. The third-order valence-electron chi connectivity index (χ3n) is 7.30. The molecule has 0 bridgehead atoms. The Morgan fingerprint density at radius 3 is 2.65 bits per heavy atom. The maximum absolute atomic E-state index is 12.7. The molecule has 5 unspecified atom stereocenters. The molecule has 186 valence electrons. The first-order valence-corrected chi connectivity index (χ1v) is 12.6. The zero-order valence-electron chi connectivity index (χ0n) is 21.3. The molecule has 1 aromatic rings. The van der Waals surface area contributed by atoms with Crippen LogP contribution in [-0.4, -0.2) is 34.2 Å². The molecule has 0 saturated carbocycles. The van der Waals surface area contributed by atoms with Crippen molar-refractivity contribution in [1.82, 2.24) is 9.55 Å². The Morgan fingerprint density at radius 2 is 1.97 bits per heavy atom. The summed E-state index contributed by atoms with van der Waals surface area (Å²) < 4.78 is 13.2. The molecule has 0 amide bonds. The van der Waals surface area contributed by atoms with Gasteiger partial charge in [0.15, 0.2) is 0 Å². The van der Waals surface area contributed by atoms with Crippen molar-refractivity contribution in [3.8, 4) is 0 Å². The number of nitrogens with zero attached hydrogens (tertiary/aromatic N) is 2. The Kier molecular flexibility index (Phi) is 9.31. The Labute approximate surface area is 204 Å². The summed E-state index contributed by atoms with van der Waals surface area (Å²) in [5.41, 5.74) is 2.07. The number of imidazole rings is 1. The highest BCUT2D eigenvalue weighted by Crippen LogP contribution is 2.45. The van der Waals surface area contributed by atoms with E-state index in [2.05, 4.69) is 44.0 Å². The highest BCUT2D eigenvalue weighted by molar-refractivity contribution is 5.86. The summed E-state index contributed by atoms with van der Waals surface area (Å²) in [6.07, 6.45) is 16.9. The number of ether oxygens (including phenoxy) is 2. The summed E-state index contributed by atoms with van der Waals surface area (Å²) in [5, 5.41) is 0. The number of fused-ring (bicyclic) bond motifs is 1. The molecule has 1 aromatic heterocycles. The van der Waals surface area contributed by atoms with Gasteiger partial charge in [0, 0.05) is 25.7 Å². The molecule has 3 rings (SSSR count). The normalized spacial score (nSPS) is 27.8. The summed E-state index contributed by atoms with van der Waals surface area (Å²) in [6.45, 7) is 9.00. The van der Waals surface area contributed by atoms with Gasteiger partial charge in [0.1, 0.15) is 6.10 Å². The molecule has 0 aliphatic heterocycles. The second-order valence-corrected chi connectivity index (χ2v) is 10.1. The molecule has 6 nitrogen and oxygen atoms in total. The van der Waals surface area contributed by atoms with Crippen molar-refractivity contribution < 1.29 is 19.1 Å². The van der Waals surface area contributed by atoms with E-state index in [4.69, 9.17) is 9.47 Å². The van der Waals surface area contributed by atoms with Crippen molar-refractivity contribution >= 4 is 18.0 Å². The average molecular weight is 469 g/mol. The van der Waals surface area contributed by atoms with E-state index in [1.165, 1.54) is 11.6 Å². The van der Waals surface area contributed by atoms with Gasteiger partial charge in [-0.1, -0.05) is 37.6 Å². The monoisotopic (exact) mass is 468 g/mol. The SMILES string of the molecule is CCOC(=O)C1CC=CCC(OC(=O)C=Cc2cn(C)cn2)CC2C(C)=CCC(C(C)C)C2C1. The van der Waals surface area contributed by atoms with Crippen LogP contribution in [0.15, 0.2) is 42.4 Å². The van der Waals surface area contributed by atoms with Gasteiger partial charge in [0.05, 0.1) is 24.5 Å². The van der Waals surface area contributed by atoms with Crippen LogP contribution in [-0.2, 0) is 26.1 Å². The van der Waals surface area contributed by atoms with Gasteiger partial charge in [-0.25, -0.2) is 9.78 Å². The topological polar surface area (TPSA) is 70.4 Å². The zero-order chi connectivity index (χ0) is 24.7. The smallest absolute Gasteiger partial charge is 0.331 e. The summed E-state index contributed by atoms with van der Waals surface area (Å²) in [5.74, 6) is 1.08. The number of aromatic nitrogens is 2. The molecule has 34 heavy (non-hydrogen) atoms. The maximum Gasteiger partial charge on any atom is 0.331 e. The number of carbonyl (C=O) groups excluding carboxylic acids is 2. The van der Waals surface area contributed by atoms with Gasteiger partial charge in [-0.2, -0.15) is 0 Å². The van der Waals surface area contributed by atoms with Crippen molar-refractivity contribution in [1.29, 1.82) is 0 Å². The lowest BCUT2D eigenvalue weighted by atomic mass is 9.63. The number of hydrogen-bond acceptors (Lipinski definition) is 5. The van der Waals surface area contributed by atoms with Gasteiger partial charge in [-0.3, -0.25) is 4.79 Å². The van der Waals surface area contributed by atoms with Crippen LogP contribution in [0.25, 0.3) is 6.08 Å². The third-order valence-corrected chi connectivity index (χ3v) is 7.30. The molecule has 5 atom stereocenters. The van der Waals surface area contributed by atoms with Crippen molar-refractivity contribution in [3.05, 3.63) is 48.1 Å². The number of aryl methyl sites for hydroxylation is 1. The first kappa shape index (κ1) is 26.0. The molecule has 0 radical (unpaired) electrons. The molecular weight excluding hydrogens is 428 g/mol. The molecule has 0 spiro atoms. The highest BCUT2D eigenvalue weighted by atomic mass is 16.5. The number of rotatable bonds is 6. The largest absolute Gasteiger partial charge is 0.466 e. The predicted octanol–water partition coefficient (Wildman–Crippen LogP) is 5.51. The van der Waals surface area contributed by atoms with E-state index in [0.717, 1.165) is 25.0 Å². The molecule has 0 N–H and O–H groups in total.